The Labute approximate surface area is 112 Å². The van der Waals surface area contributed by atoms with Gasteiger partial charge < -0.3 is 5.32 Å². The van der Waals surface area contributed by atoms with Crippen LogP contribution in [0.1, 0.15) is 43.5 Å². The fourth-order valence-corrected chi connectivity index (χ4v) is 2.01. The molecule has 0 saturated carbocycles. The second-order valence-corrected chi connectivity index (χ2v) is 5.57. The number of carbonyl (C=O) groups excluding carboxylic acids is 1. The molecule has 0 fully saturated rings. The summed E-state index contributed by atoms with van der Waals surface area (Å²) >= 11 is 3.36. The van der Waals surface area contributed by atoms with Crippen LogP contribution in [0, 0.1) is 5.92 Å². The molecule has 1 aromatic carbocycles. The average Bonchev–Trinajstić information content (AvgIpc) is 2.28. The summed E-state index contributed by atoms with van der Waals surface area (Å²) in [6, 6.07) is 7.45. The van der Waals surface area contributed by atoms with Gasteiger partial charge in [-0.25, -0.2) is 0 Å². The van der Waals surface area contributed by atoms with E-state index in [0.717, 1.165) is 23.4 Å². The summed E-state index contributed by atoms with van der Waals surface area (Å²) in [6.45, 7) is 5.21. The molecule has 3 heteroatoms. The average molecular weight is 298 g/mol. The second kappa shape index (κ2) is 7.49. The molecule has 1 rings (SSSR count). The molecule has 17 heavy (non-hydrogen) atoms. The van der Waals surface area contributed by atoms with Crippen LogP contribution in [-0.2, 0) is 0 Å². The molecule has 0 heterocycles. The number of benzene rings is 1. The van der Waals surface area contributed by atoms with Gasteiger partial charge in [-0.1, -0.05) is 48.7 Å². The molecular weight excluding hydrogens is 278 g/mol. The van der Waals surface area contributed by atoms with Crippen molar-refractivity contribution in [3.05, 3.63) is 34.3 Å². The Balaban J connectivity index is 2.26. The van der Waals surface area contributed by atoms with Crippen molar-refractivity contribution in [1.82, 2.24) is 5.32 Å². The van der Waals surface area contributed by atoms with Crippen LogP contribution in [0.5, 0.6) is 0 Å². The van der Waals surface area contributed by atoms with Crippen LogP contribution in [-0.4, -0.2) is 12.5 Å². The zero-order valence-electron chi connectivity index (χ0n) is 10.5. The number of rotatable bonds is 6. The van der Waals surface area contributed by atoms with Crippen LogP contribution >= 0.6 is 15.9 Å². The van der Waals surface area contributed by atoms with Crippen molar-refractivity contribution in [2.24, 2.45) is 5.92 Å². The molecule has 0 radical (unpaired) electrons. The highest BCUT2D eigenvalue weighted by Crippen LogP contribution is 2.11. The van der Waals surface area contributed by atoms with Crippen LogP contribution < -0.4 is 5.32 Å². The maximum absolute atomic E-state index is 11.8. The molecule has 0 unspecified atom stereocenters. The van der Waals surface area contributed by atoms with Gasteiger partial charge in [0.2, 0.25) is 0 Å². The van der Waals surface area contributed by atoms with E-state index >= 15 is 0 Å². The van der Waals surface area contributed by atoms with Crippen molar-refractivity contribution in [1.29, 1.82) is 0 Å². The summed E-state index contributed by atoms with van der Waals surface area (Å²) in [7, 11) is 0. The molecule has 0 aliphatic carbocycles. The zero-order chi connectivity index (χ0) is 12.7. The lowest BCUT2D eigenvalue weighted by atomic mass is 10.1. The highest BCUT2D eigenvalue weighted by molar-refractivity contribution is 9.10. The van der Waals surface area contributed by atoms with E-state index in [1.54, 1.807) is 0 Å². The lowest BCUT2D eigenvalue weighted by Gasteiger charge is -2.06. The van der Waals surface area contributed by atoms with Crippen LogP contribution in [0.3, 0.4) is 0 Å². The first kappa shape index (κ1) is 14.2. The van der Waals surface area contributed by atoms with Crippen molar-refractivity contribution in [2.75, 3.05) is 6.54 Å². The van der Waals surface area contributed by atoms with Crippen molar-refractivity contribution >= 4 is 21.8 Å². The number of hydrogen-bond acceptors (Lipinski definition) is 1. The van der Waals surface area contributed by atoms with Crippen LogP contribution in [0.4, 0.5) is 0 Å². The molecule has 0 aromatic heterocycles. The van der Waals surface area contributed by atoms with E-state index in [4.69, 9.17) is 0 Å². The molecule has 0 bridgehead atoms. The first-order valence-electron chi connectivity index (χ1n) is 6.13. The summed E-state index contributed by atoms with van der Waals surface area (Å²) < 4.78 is 0.935. The molecule has 0 aliphatic rings. The summed E-state index contributed by atoms with van der Waals surface area (Å²) in [5.41, 5.74) is 0.711. The lowest BCUT2D eigenvalue weighted by Crippen LogP contribution is -2.24. The Morgan fingerprint density at radius 3 is 2.76 bits per heavy atom. The minimum Gasteiger partial charge on any atom is -0.352 e. The molecule has 94 valence electrons. The van der Waals surface area contributed by atoms with E-state index in [1.807, 2.05) is 24.3 Å². The van der Waals surface area contributed by atoms with Gasteiger partial charge >= 0.3 is 0 Å². The van der Waals surface area contributed by atoms with Crippen LogP contribution in [0.15, 0.2) is 28.7 Å². The van der Waals surface area contributed by atoms with Gasteiger partial charge in [-0.15, -0.1) is 0 Å². The maximum Gasteiger partial charge on any atom is 0.251 e. The summed E-state index contributed by atoms with van der Waals surface area (Å²) in [5, 5.41) is 2.94. The Kier molecular flexibility index (Phi) is 6.27. The number of amides is 1. The van der Waals surface area contributed by atoms with Gasteiger partial charge in [0, 0.05) is 16.6 Å². The Morgan fingerprint density at radius 1 is 1.35 bits per heavy atom. The van der Waals surface area contributed by atoms with E-state index in [9.17, 15) is 4.79 Å². The predicted octanol–water partition coefficient (Wildman–Crippen LogP) is 4.01. The Morgan fingerprint density at radius 2 is 2.12 bits per heavy atom. The molecule has 0 spiro atoms. The summed E-state index contributed by atoms with van der Waals surface area (Å²) in [6.07, 6.45) is 3.46. The van der Waals surface area contributed by atoms with Gasteiger partial charge in [-0.2, -0.15) is 0 Å². The normalized spacial score (nSPS) is 10.6. The first-order valence-corrected chi connectivity index (χ1v) is 6.92. The molecule has 1 aromatic rings. The molecular formula is C14H20BrNO. The van der Waals surface area contributed by atoms with Crippen LogP contribution in [0.2, 0.25) is 0 Å². The molecule has 0 atom stereocenters. The molecule has 0 saturated heterocycles. The Bertz CT molecular complexity index is 363. The fraction of sp³-hybridized carbons (Fsp3) is 0.500. The second-order valence-electron chi connectivity index (χ2n) is 4.66. The minimum atomic E-state index is 0.0100. The number of hydrogen-bond donors (Lipinski definition) is 1. The topological polar surface area (TPSA) is 29.1 Å². The highest BCUT2D eigenvalue weighted by atomic mass is 79.9. The molecule has 1 N–H and O–H groups in total. The minimum absolute atomic E-state index is 0.0100. The van der Waals surface area contributed by atoms with Gasteiger partial charge in [0.25, 0.3) is 5.91 Å². The lowest BCUT2D eigenvalue weighted by molar-refractivity contribution is 0.0953. The quantitative estimate of drug-likeness (QED) is 0.790. The third-order valence-electron chi connectivity index (χ3n) is 2.58. The standard InChI is InChI=1S/C14H20BrNO/c1-11(2)6-3-4-9-16-14(17)12-7-5-8-13(15)10-12/h5,7-8,10-11H,3-4,6,9H2,1-2H3,(H,16,17). The highest BCUT2D eigenvalue weighted by Gasteiger charge is 2.04. The number of unbranched alkanes of at least 4 members (excludes halogenated alkanes) is 1. The summed E-state index contributed by atoms with van der Waals surface area (Å²) in [5.74, 6) is 0.756. The van der Waals surface area contributed by atoms with E-state index in [-0.39, 0.29) is 5.91 Å². The molecule has 0 aliphatic heterocycles. The van der Waals surface area contributed by atoms with Gasteiger partial charge in [0.05, 0.1) is 0 Å². The van der Waals surface area contributed by atoms with Gasteiger partial charge in [0.15, 0.2) is 0 Å². The number of nitrogens with one attached hydrogen (secondary N) is 1. The number of halogens is 1. The van der Waals surface area contributed by atoms with E-state index in [2.05, 4.69) is 35.1 Å². The van der Waals surface area contributed by atoms with Crippen LogP contribution in [0.25, 0.3) is 0 Å². The zero-order valence-corrected chi connectivity index (χ0v) is 12.1. The fourth-order valence-electron chi connectivity index (χ4n) is 1.61. The van der Waals surface area contributed by atoms with E-state index in [1.165, 1.54) is 12.8 Å². The smallest absolute Gasteiger partial charge is 0.251 e. The maximum atomic E-state index is 11.8. The van der Waals surface area contributed by atoms with Crippen molar-refractivity contribution in [2.45, 2.75) is 33.1 Å². The third kappa shape index (κ3) is 5.87. The monoisotopic (exact) mass is 297 g/mol. The third-order valence-corrected chi connectivity index (χ3v) is 3.07. The van der Waals surface area contributed by atoms with Gasteiger partial charge in [-0.3, -0.25) is 4.79 Å². The molecule has 1 amide bonds. The molecule has 2 nitrogen and oxygen atoms in total. The summed E-state index contributed by atoms with van der Waals surface area (Å²) in [4.78, 5) is 11.8. The van der Waals surface area contributed by atoms with Crippen molar-refractivity contribution in [3.8, 4) is 0 Å². The SMILES string of the molecule is CC(C)CCCCNC(=O)c1cccc(Br)c1. The number of carbonyl (C=O) groups is 1. The van der Waals surface area contributed by atoms with Gasteiger partial charge in [-0.05, 0) is 30.5 Å². The Hall–Kier alpha value is -0.830. The van der Waals surface area contributed by atoms with Crippen molar-refractivity contribution in [3.63, 3.8) is 0 Å². The van der Waals surface area contributed by atoms with E-state index in [0.29, 0.717) is 5.56 Å². The largest absolute Gasteiger partial charge is 0.352 e. The van der Waals surface area contributed by atoms with Gasteiger partial charge in [0.1, 0.15) is 0 Å². The van der Waals surface area contributed by atoms with Crippen molar-refractivity contribution < 1.29 is 4.79 Å². The predicted molar refractivity (Wildman–Crippen MR) is 75.2 cm³/mol. The first-order chi connectivity index (χ1) is 8.09. The van der Waals surface area contributed by atoms with E-state index < -0.39 is 0 Å².